The molecule has 0 aromatic rings. The molecule has 0 aliphatic heterocycles. The molecule has 0 aliphatic rings. The molecule has 0 aromatic carbocycles. The van der Waals surface area contributed by atoms with Crippen LogP contribution < -0.4 is 0 Å². The summed E-state index contributed by atoms with van der Waals surface area (Å²) in [7, 11) is -3.74. The van der Waals surface area contributed by atoms with Gasteiger partial charge in [0.15, 0.2) is 0 Å². The summed E-state index contributed by atoms with van der Waals surface area (Å²) >= 11 is 0. The highest BCUT2D eigenvalue weighted by molar-refractivity contribution is 7.87. The minimum Gasteiger partial charge on any atom is -0.299 e. The predicted octanol–water partition coefficient (Wildman–Crippen LogP) is -0.445. The van der Waals surface area contributed by atoms with Crippen LogP contribution in [0, 0.1) is 12.3 Å². The molecule has 0 radical (unpaired) electrons. The van der Waals surface area contributed by atoms with E-state index in [9.17, 15) is 13.2 Å². The van der Waals surface area contributed by atoms with Crippen molar-refractivity contribution in [3.05, 3.63) is 0 Å². The lowest BCUT2D eigenvalue weighted by Crippen LogP contribution is -2.16. The Morgan fingerprint density at radius 1 is 1.64 bits per heavy atom. The van der Waals surface area contributed by atoms with E-state index in [4.69, 9.17) is 6.42 Å². The quantitative estimate of drug-likeness (QED) is 0.430. The molecule has 0 saturated carbocycles. The van der Waals surface area contributed by atoms with Crippen molar-refractivity contribution in [1.82, 2.24) is 0 Å². The maximum atomic E-state index is 10.7. The average molecular weight is 176 g/mol. The molecule has 0 spiro atoms. The third-order valence-corrected chi connectivity index (χ3v) is 1.94. The lowest BCUT2D eigenvalue weighted by molar-refractivity contribution is -0.114. The molecule has 0 saturated heterocycles. The summed E-state index contributed by atoms with van der Waals surface area (Å²) in [6.07, 6.45) is 4.74. The van der Waals surface area contributed by atoms with Gasteiger partial charge in [0.1, 0.15) is 18.1 Å². The van der Waals surface area contributed by atoms with Gasteiger partial charge in [-0.1, -0.05) is 5.92 Å². The number of hydrogen-bond acceptors (Lipinski definition) is 4. The van der Waals surface area contributed by atoms with Gasteiger partial charge in [-0.25, -0.2) is 0 Å². The summed E-state index contributed by atoms with van der Waals surface area (Å²) in [5.74, 6) is 0.898. The lowest BCUT2D eigenvalue weighted by atomic mass is 10.5. The van der Waals surface area contributed by atoms with E-state index in [2.05, 4.69) is 4.18 Å². The number of rotatable bonds is 4. The zero-order valence-electron chi connectivity index (χ0n) is 6.03. The first-order valence-corrected chi connectivity index (χ1v) is 4.35. The first-order chi connectivity index (χ1) is 4.98. The van der Waals surface area contributed by atoms with Gasteiger partial charge in [0.2, 0.25) is 0 Å². The van der Waals surface area contributed by atoms with Crippen molar-refractivity contribution in [3.63, 3.8) is 0 Å². The molecule has 11 heavy (non-hydrogen) atoms. The van der Waals surface area contributed by atoms with Crippen molar-refractivity contribution in [3.8, 4) is 12.3 Å². The fourth-order valence-corrected chi connectivity index (χ4v) is 1.24. The van der Waals surface area contributed by atoms with Gasteiger partial charge in [-0.15, -0.1) is 6.42 Å². The Morgan fingerprint density at radius 3 is 2.55 bits per heavy atom. The van der Waals surface area contributed by atoms with Gasteiger partial charge in [-0.05, 0) is 6.92 Å². The van der Waals surface area contributed by atoms with Gasteiger partial charge in [-0.2, -0.15) is 8.42 Å². The summed E-state index contributed by atoms with van der Waals surface area (Å²) in [5.41, 5.74) is 0. The van der Waals surface area contributed by atoms with Gasteiger partial charge in [0.05, 0.1) is 0 Å². The van der Waals surface area contributed by atoms with E-state index in [1.54, 1.807) is 0 Å². The Balaban J connectivity index is 4.05. The molecule has 0 bridgehead atoms. The number of carbonyl (C=O) groups is 1. The van der Waals surface area contributed by atoms with Crippen LogP contribution in [0.5, 0.6) is 0 Å². The van der Waals surface area contributed by atoms with Crippen LogP contribution >= 0.6 is 0 Å². The fraction of sp³-hybridized carbons (Fsp3) is 0.500. The second-order valence-electron chi connectivity index (χ2n) is 1.87. The molecule has 0 fully saturated rings. The van der Waals surface area contributed by atoms with E-state index >= 15 is 0 Å². The van der Waals surface area contributed by atoms with Crippen molar-refractivity contribution in [1.29, 1.82) is 0 Å². The van der Waals surface area contributed by atoms with Crippen molar-refractivity contribution < 1.29 is 17.4 Å². The van der Waals surface area contributed by atoms with E-state index in [1.807, 2.05) is 5.92 Å². The number of hydrogen-bond donors (Lipinski definition) is 0. The van der Waals surface area contributed by atoms with Crippen LogP contribution in [0.25, 0.3) is 0 Å². The third-order valence-electron chi connectivity index (χ3n) is 0.702. The normalized spacial score (nSPS) is 10.5. The van der Waals surface area contributed by atoms with Crippen LogP contribution in [0.2, 0.25) is 0 Å². The Labute approximate surface area is 65.7 Å². The smallest absolute Gasteiger partial charge is 0.275 e. The topological polar surface area (TPSA) is 60.4 Å². The second-order valence-corrected chi connectivity index (χ2v) is 3.51. The van der Waals surface area contributed by atoms with Gasteiger partial charge in [-0.3, -0.25) is 8.98 Å². The third kappa shape index (κ3) is 5.58. The zero-order chi connectivity index (χ0) is 8.91. The maximum Gasteiger partial charge on any atom is 0.275 e. The van der Waals surface area contributed by atoms with E-state index in [0.29, 0.717) is 0 Å². The SMILES string of the molecule is C#CCOS(=O)(=O)CC(C)=O. The molecule has 0 unspecified atom stereocenters. The van der Waals surface area contributed by atoms with E-state index in [0.717, 1.165) is 6.92 Å². The van der Waals surface area contributed by atoms with Crippen molar-refractivity contribution in [2.24, 2.45) is 0 Å². The van der Waals surface area contributed by atoms with Crippen molar-refractivity contribution in [2.75, 3.05) is 12.4 Å². The Bertz CT molecular complexity index is 269. The molecule has 0 atom stereocenters. The van der Waals surface area contributed by atoms with E-state index < -0.39 is 21.7 Å². The minimum atomic E-state index is -3.74. The van der Waals surface area contributed by atoms with Crippen LogP contribution in [0.1, 0.15) is 6.92 Å². The number of terminal acetylenes is 1. The lowest BCUT2D eigenvalue weighted by Gasteiger charge is -1.97. The minimum absolute atomic E-state index is 0.324. The van der Waals surface area contributed by atoms with Crippen LogP contribution in [-0.2, 0) is 19.1 Å². The van der Waals surface area contributed by atoms with Crippen molar-refractivity contribution in [2.45, 2.75) is 6.92 Å². The Kier molecular flexibility index (Phi) is 3.79. The highest BCUT2D eigenvalue weighted by Crippen LogP contribution is 1.92. The molecule has 5 heteroatoms. The van der Waals surface area contributed by atoms with Crippen LogP contribution in [-0.4, -0.2) is 26.6 Å². The number of carbonyl (C=O) groups excluding carboxylic acids is 1. The summed E-state index contributed by atoms with van der Waals surface area (Å²) in [6.45, 7) is 0.840. The molecule has 0 aromatic heterocycles. The highest BCUT2D eigenvalue weighted by atomic mass is 32.2. The highest BCUT2D eigenvalue weighted by Gasteiger charge is 2.12. The molecular weight excluding hydrogens is 168 g/mol. The van der Waals surface area contributed by atoms with Crippen LogP contribution in [0.3, 0.4) is 0 Å². The second kappa shape index (κ2) is 4.11. The van der Waals surface area contributed by atoms with Gasteiger partial charge < -0.3 is 0 Å². The molecular formula is C6H8O4S. The molecule has 0 heterocycles. The number of Topliss-reactive ketones (excluding diaryl/α,β-unsaturated/α-hetero) is 1. The molecule has 0 amide bonds. The van der Waals surface area contributed by atoms with Gasteiger partial charge in [0.25, 0.3) is 10.1 Å². The van der Waals surface area contributed by atoms with E-state index in [1.165, 1.54) is 0 Å². The maximum absolute atomic E-state index is 10.7. The van der Waals surface area contributed by atoms with Crippen LogP contribution in [0.4, 0.5) is 0 Å². The molecule has 4 nitrogen and oxygen atoms in total. The predicted molar refractivity (Wildman–Crippen MR) is 39.3 cm³/mol. The summed E-state index contributed by atoms with van der Waals surface area (Å²) < 4.78 is 25.5. The van der Waals surface area contributed by atoms with Gasteiger partial charge in [0, 0.05) is 0 Å². The largest absolute Gasteiger partial charge is 0.299 e. The standard InChI is InChI=1S/C6H8O4S/c1-3-4-10-11(8,9)5-6(2)7/h1H,4-5H2,2H3. The first kappa shape index (κ1) is 10.1. The van der Waals surface area contributed by atoms with Gasteiger partial charge >= 0.3 is 0 Å². The van der Waals surface area contributed by atoms with Crippen LogP contribution in [0.15, 0.2) is 0 Å². The molecule has 0 N–H and O–H groups in total. The summed E-state index contributed by atoms with van der Waals surface area (Å²) in [6, 6.07) is 0. The zero-order valence-corrected chi connectivity index (χ0v) is 6.85. The molecule has 0 aliphatic carbocycles. The summed E-state index contributed by atoms with van der Waals surface area (Å²) in [4.78, 5) is 10.3. The van der Waals surface area contributed by atoms with E-state index in [-0.39, 0.29) is 6.61 Å². The summed E-state index contributed by atoms with van der Waals surface area (Å²) in [5, 5.41) is 0. The fourth-order valence-electron chi connectivity index (χ4n) is 0.414. The monoisotopic (exact) mass is 176 g/mol. The average Bonchev–Trinajstić information content (AvgIpc) is 1.81. The van der Waals surface area contributed by atoms with Crippen molar-refractivity contribution >= 4 is 15.9 Å². The molecule has 62 valence electrons. The Morgan fingerprint density at radius 2 is 2.18 bits per heavy atom. The number of ketones is 1. The Hall–Kier alpha value is -0.860. The first-order valence-electron chi connectivity index (χ1n) is 2.78. The molecule has 0 rings (SSSR count).